The Kier molecular flexibility index (Phi) is 7.30. The van der Waals surface area contributed by atoms with E-state index in [1.807, 2.05) is 61.5 Å². The molecule has 28 heavy (non-hydrogen) atoms. The molecule has 144 valence electrons. The molecule has 0 saturated heterocycles. The van der Waals surface area contributed by atoms with Gasteiger partial charge in [-0.3, -0.25) is 4.79 Å². The lowest BCUT2D eigenvalue weighted by molar-refractivity contribution is -0.118. The van der Waals surface area contributed by atoms with Gasteiger partial charge in [-0.05, 0) is 36.8 Å². The van der Waals surface area contributed by atoms with Gasteiger partial charge in [0.15, 0.2) is 5.15 Å². The molecule has 0 radical (unpaired) electrons. The normalized spacial score (nSPS) is 11.1. The molecule has 1 aromatic heterocycles. The highest BCUT2D eigenvalue weighted by molar-refractivity contribution is 9.10. The maximum absolute atomic E-state index is 12.0. The van der Waals surface area contributed by atoms with Crippen LogP contribution >= 0.6 is 39.3 Å². The minimum Gasteiger partial charge on any atom is -0.272 e. The van der Waals surface area contributed by atoms with Crippen molar-refractivity contribution in [1.29, 1.82) is 0 Å². The zero-order valence-electron chi connectivity index (χ0n) is 15.1. The van der Waals surface area contributed by atoms with Crippen molar-refractivity contribution in [3.8, 4) is 5.69 Å². The fourth-order valence-electron chi connectivity index (χ4n) is 2.54. The van der Waals surface area contributed by atoms with Crippen molar-refractivity contribution in [2.75, 3.05) is 5.75 Å². The van der Waals surface area contributed by atoms with Gasteiger partial charge >= 0.3 is 0 Å². The van der Waals surface area contributed by atoms with Gasteiger partial charge in [-0.1, -0.05) is 57.9 Å². The van der Waals surface area contributed by atoms with Crippen LogP contribution in [0.25, 0.3) is 5.69 Å². The summed E-state index contributed by atoms with van der Waals surface area (Å²) in [7, 11) is 0. The first-order chi connectivity index (χ1) is 13.5. The van der Waals surface area contributed by atoms with Crippen LogP contribution < -0.4 is 5.43 Å². The van der Waals surface area contributed by atoms with Crippen LogP contribution in [0.3, 0.4) is 0 Å². The van der Waals surface area contributed by atoms with E-state index in [1.165, 1.54) is 18.0 Å². The van der Waals surface area contributed by atoms with E-state index in [0.29, 0.717) is 16.5 Å². The minimum absolute atomic E-state index is 0.166. The number of carbonyl (C=O) groups is 1. The molecule has 0 saturated carbocycles. The Labute approximate surface area is 181 Å². The van der Waals surface area contributed by atoms with Crippen LogP contribution in [-0.2, 0) is 10.5 Å². The van der Waals surface area contributed by atoms with Gasteiger partial charge < -0.3 is 0 Å². The SMILES string of the molecule is Cc1c(/C=N\NC(=O)CSCc2cccc(Br)c2)c(Cl)nn1-c1ccccc1. The molecular formula is C20H18BrClN4OS. The molecular weight excluding hydrogens is 460 g/mol. The standard InChI is InChI=1S/C20H18BrClN4OS/c1-14-18(20(22)25-26(14)17-8-3-2-4-9-17)11-23-24-19(27)13-28-12-15-6-5-7-16(21)10-15/h2-11H,12-13H2,1H3,(H,24,27)/b23-11-. The van der Waals surface area contributed by atoms with Crippen LogP contribution in [0.1, 0.15) is 16.8 Å². The van der Waals surface area contributed by atoms with E-state index in [0.717, 1.165) is 27.2 Å². The van der Waals surface area contributed by atoms with Crippen molar-refractivity contribution in [2.24, 2.45) is 5.10 Å². The third-order valence-corrected chi connectivity index (χ3v) is 5.67. The van der Waals surface area contributed by atoms with Gasteiger partial charge in [0.1, 0.15) is 0 Å². The van der Waals surface area contributed by atoms with Crippen molar-refractivity contribution >= 4 is 51.4 Å². The van der Waals surface area contributed by atoms with Crippen molar-refractivity contribution in [3.63, 3.8) is 0 Å². The highest BCUT2D eigenvalue weighted by Gasteiger charge is 2.12. The zero-order valence-corrected chi connectivity index (χ0v) is 18.3. The molecule has 5 nitrogen and oxygen atoms in total. The van der Waals surface area contributed by atoms with Crippen LogP contribution in [0, 0.1) is 6.92 Å². The molecule has 1 heterocycles. The van der Waals surface area contributed by atoms with E-state index in [2.05, 4.69) is 31.6 Å². The number of nitrogens with zero attached hydrogens (tertiary/aromatic N) is 3. The highest BCUT2D eigenvalue weighted by Crippen LogP contribution is 2.20. The number of hydrogen-bond donors (Lipinski definition) is 1. The van der Waals surface area contributed by atoms with E-state index >= 15 is 0 Å². The number of thioether (sulfide) groups is 1. The first-order valence-electron chi connectivity index (χ1n) is 8.49. The Hall–Kier alpha value is -2.09. The van der Waals surface area contributed by atoms with Gasteiger partial charge in [-0.15, -0.1) is 11.8 Å². The molecule has 0 unspecified atom stereocenters. The molecule has 1 amide bonds. The Balaban J connectivity index is 1.54. The van der Waals surface area contributed by atoms with Crippen LogP contribution in [0.5, 0.6) is 0 Å². The molecule has 0 bridgehead atoms. The smallest absolute Gasteiger partial charge is 0.250 e. The summed E-state index contributed by atoms with van der Waals surface area (Å²) in [6.45, 7) is 1.91. The summed E-state index contributed by atoms with van der Waals surface area (Å²) < 4.78 is 2.78. The summed E-state index contributed by atoms with van der Waals surface area (Å²) in [6.07, 6.45) is 1.53. The van der Waals surface area contributed by atoms with Gasteiger partial charge in [0.25, 0.3) is 0 Å². The number of nitrogens with one attached hydrogen (secondary N) is 1. The topological polar surface area (TPSA) is 59.3 Å². The lowest BCUT2D eigenvalue weighted by Gasteiger charge is -2.03. The van der Waals surface area contributed by atoms with Crippen molar-refractivity contribution < 1.29 is 4.79 Å². The Morgan fingerprint density at radius 2 is 2.07 bits per heavy atom. The molecule has 0 aliphatic heterocycles. The number of rotatable bonds is 7. The van der Waals surface area contributed by atoms with Crippen LogP contribution in [0.15, 0.2) is 64.2 Å². The van der Waals surface area contributed by atoms with E-state index in [4.69, 9.17) is 11.6 Å². The van der Waals surface area contributed by atoms with Crippen molar-refractivity contribution in [1.82, 2.24) is 15.2 Å². The van der Waals surface area contributed by atoms with Gasteiger partial charge in [-0.2, -0.15) is 10.2 Å². The third kappa shape index (κ3) is 5.47. The molecule has 0 fully saturated rings. The van der Waals surface area contributed by atoms with Gasteiger partial charge in [-0.25, -0.2) is 10.1 Å². The molecule has 8 heteroatoms. The molecule has 0 aliphatic carbocycles. The number of aromatic nitrogens is 2. The zero-order chi connectivity index (χ0) is 19.9. The Morgan fingerprint density at radius 3 is 2.82 bits per heavy atom. The molecule has 3 rings (SSSR count). The van der Waals surface area contributed by atoms with E-state index in [-0.39, 0.29) is 5.91 Å². The average molecular weight is 478 g/mol. The van der Waals surface area contributed by atoms with E-state index < -0.39 is 0 Å². The third-order valence-electron chi connectivity index (χ3n) is 3.89. The summed E-state index contributed by atoms with van der Waals surface area (Å²) in [5.41, 5.74) is 6.13. The maximum Gasteiger partial charge on any atom is 0.250 e. The fourth-order valence-corrected chi connectivity index (χ4v) is 4.01. The molecule has 3 aromatic rings. The molecule has 0 spiro atoms. The fraction of sp³-hybridized carbons (Fsp3) is 0.150. The molecule has 0 aliphatic rings. The van der Waals surface area contributed by atoms with Gasteiger partial charge in [0, 0.05) is 10.2 Å². The van der Waals surface area contributed by atoms with Crippen LogP contribution in [0.2, 0.25) is 5.15 Å². The monoisotopic (exact) mass is 476 g/mol. The number of benzene rings is 2. The lowest BCUT2D eigenvalue weighted by Crippen LogP contribution is -2.19. The second kappa shape index (κ2) is 9.91. The second-order valence-corrected chi connectivity index (χ2v) is 8.21. The number of carbonyl (C=O) groups excluding carboxylic acids is 1. The average Bonchev–Trinajstić information content (AvgIpc) is 2.97. The molecule has 0 atom stereocenters. The predicted molar refractivity (Wildman–Crippen MR) is 119 cm³/mol. The summed E-state index contributed by atoms with van der Waals surface area (Å²) in [4.78, 5) is 12.0. The van der Waals surface area contributed by atoms with E-state index in [9.17, 15) is 4.79 Å². The summed E-state index contributed by atoms with van der Waals surface area (Å²) in [6, 6.07) is 17.7. The number of hydrazone groups is 1. The number of para-hydroxylation sites is 1. The first kappa shape index (κ1) is 20.6. The summed E-state index contributed by atoms with van der Waals surface area (Å²) in [5.74, 6) is 0.908. The Morgan fingerprint density at radius 1 is 1.29 bits per heavy atom. The number of halogens is 2. The largest absolute Gasteiger partial charge is 0.272 e. The quantitative estimate of drug-likeness (QED) is 0.386. The summed E-state index contributed by atoms with van der Waals surface area (Å²) in [5, 5.41) is 8.70. The Bertz CT molecular complexity index is 991. The molecule has 2 aromatic carbocycles. The summed E-state index contributed by atoms with van der Waals surface area (Å²) >= 11 is 11.2. The number of amides is 1. The van der Waals surface area contributed by atoms with Crippen LogP contribution in [-0.4, -0.2) is 27.7 Å². The van der Waals surface area contributed by atoms with Crippen LogP contribution in [0.4, 0.5) is 0 Å². The second-order valence-electron chi connectivity index (χ2n) is 5.95. The first-order valence-corrected chi connectivity index (χ1v) is 10.8. The number of hydrogen-bond acceptors (Lipinski definition) is 4. The van der Waals surface area contributed by atoms with Gasteiger partial charge in [0.05, 0.1) is 28.9 Å². The van der Waals surface area contributed by atoms with Crippen molar-refractivity contribution in [3.05, 3.63) is 81.0 Å². The maximum atomic E-state index is 12.0. The lowest BCUT2D eigenvalue weighted by atomic mass is 10.2. The van der Waals surface area contributed by atoms with Crippen molar-refractivity contribution in [2.45, 2.75) is 12.7 Å². The predicted octanol–water partition coefficient (Wildman–Crippen LogP) is 4.98. The minimum atomic E-state index is -0.166. The van der Waals surface area contributed by atoms with E-state index in [1.54, 1.807) is 4.68 Å². The van der Waals surface area contributed by atoms with Gasteiger partial charge in [0.2, 0.25) is 5.91 Å². The highest BCUT2D eigenvalue weighted by atomic mass is 79.9. The molecule has 1 N–H and O–H groups in total.